The zero-order valence-electron chi connectivity index (χ0n) is 16.0. The van der Waals surface area contributed by atoms with Crippen LogP contribution >= 0.6 is 11.6 Å². The summed E-state index contributed by atoms with van der Waals surface area (Å²) in [5.41, 5.74) is 3.61. The van der Waals surface area contributed by atoms with E-state index >= 15 is 0 Å². The fourth-order valence-corrected chi connectivity index (χ4v) is 3.32. The lowest BCUT2D eigenvalue weighted by Crippen LogP contribution is -2.09. The summed E-state index contributed by atoms with van der Waals surface area (Å²) in [6.07, 6.45) is 4.03. The number of aromatic hydroxyl groups is 1. The van der Waals surface area contributed by atoms with Gasteiger partial charge >= 0.3 is 6.01 Å². The summed E-state index contributed by atoms with van der Waals surface area (Å²) in [5.74, 6) is 0.417. The number of anilines is 2. The minimum Gasteiger partial charge on any atom is -0.493 e. The molecule has 0 saturated heterocycles. The molecule has 0 fully saturated rings. The van der Waals surface area contributed by atoms with Crippen LogP contribution in [-0.4, -0.2) is 27.1 Å². The van der Waals surface area contributed by atoms with Gasteiger partial charge in [0.05, 0.1) is 17.1 Å². The van der Waals surface area contributed by atoms with Crippen molar-refractivity contribution in [1.29, 1.82) is 0 Å². The van der Waals surface area contributed by atoms with Crippen molar-refractivity contribution in [3.8, 4) is 17.6 Å². The number of fused-ring (bicyclic) bond motifs is 1. The molecule has 2 aromatic heterocycles. The Morgan fingerprint density at radius 2 is 1.79 bits per heavy atom. The van der Waals surface area contributed by atoms with Gasteiger partial charge in [-0.15, -0.1) is 0 Å². The highest BCUT2D eigenvalue weighted by molar-refractivity contribution is 6.31. The maximum atomic E-state index is 10.1. The molecule has 146 valence electrons. The Hall–Kier alpha value is -3.38. The molecule has 0 radical (unpaired) electrons. The standard InChI is InChI=1S/C22H19ClN4O2/c1-3-14-4-5-16(12-19(14)23)27(2)15-6-8-17(9-7-15)29-22-25-20-13-24-11-10-18(20)21(28)26-22/h4-13H,3H2,1-2H3,(H,25,26,28). The van der Waals surface area contributed by atoms with Gasteiger partial charge in [0.1, 0.15) is 5.75 Å². The first-order valence-corrected chi connectivity index (χ1v) is 9.53. The lowest BCUT2D eigenvalue weighted by Gasteiger charge is -2.20. The van der Waals surface area contributed by atoms with Gasteiger partial charge in [-0.2, -0.15) is 9.97 Å². The summed E-state index contributed by atoms with van der Waals surface area (Å²) in [6.45, 7) is 2.08. The van der Waals surface area contributed by atoms with E-state index in [-0.39, 0.29) is 11.9 Å². The smallest absolute Gasteiger partial charge is 0.325 e. The highest BCUT2D eigenvalue weighted by Crippen LogP contribution is 2.31. The lowest BCUT2D eigenvalue weighted by atomic mass is 10.1. The normalized spacial score (nSPS) is 10.9. The summed E-state index contributed by atoms with van der Waals surface area (Å²) in [5, 5.41) is 11.3. The summed E-state index contributed by atoms with van der Waals surface area (Å²) in [4.78, 5) is 14.3. The van der Waals surface area contributed by atoms with Crippen molar-refractivity contribution in [2.45, 2.75) is 13.3 Å². The Morgan fingerprint density at radius 3 is 2.52 bits per heavy atom. The lowest BCUT2D eigenvalue weighted by molar-refractivity contribution is 0.412. The number of aromatic nitrogens is 3. The minimum atomic E-state index is -0.142. The van der Waals surface area contributed by atoms with Crippen molar-refractivity contribution in [2.24, 2.45) is 0 Å². The van der Waals surface area contributed by atoms with Crippen LogP contribution in [0.4, 0.5) is 11.4 Å². The third-order valence-electron chi connectivity index (χ3n) is 4.70. The molecule has 0 aliphatic heterocycles. The maximum Gasteiger partial charge on any atom is 0.325 e. The number of rotatable bonds is 5. The highest BCUT2D eigenvalue weighted by Gasteiger charge is 2.10. The van der Waals surface area contributed by atoms with Gasteiger partial charge in [-0.3, -0.25) is 4.98 Å². The molecule has 29 heavy (non-hydrogen) atoms. The molecule has 0 unspecified atom stereocenters. The maximum absolute atomic E-state index is 10.1. The monoisotopic (exact) mass is 406 g/mol. The Kier molecular flexibility index (Phi) is 5.18. The molecular formula is C22H19ClN4O2. The van der Waals surface area contributed by atoms with Gasteiger partial charge in [0, 0.05) is 29.6 Å². The van der Waals surface area contributed by atoms with E-state index in [0.717, 1.165) is 28.4 Å². The van der Waals surface area contributed by atoms with E-state index < -0.39 is 0 Å². The second kappa shape index (κ2) is 7.93. The fraction of sp³-hybridized carbons (Fsp3) is 0.136. The molecule has 6 nitrogen and oxygen atoms in total. The largest absolute Gasteiger partial charge is 0.493 e. The van der Waals surface area contributed by atoms with Crippen LogP contribution in [0.5, 0.6) is 17.6 Å². The topological polar surface area (TPSA) is 71.4 Å². The number of hydrogen-bond acceptors (Lipinski definition) is 6. The van der Waals surface area contributed by atoms with Gasteiger partial charge in [-0.25, -0.2) is 0 Å². The van der Waals surface area contributed by atoms with Crippen LogP contribution in [0.2, 0.25) is 5.02 Å². The number of nitrogens with zero attached hydrogens (tertiary/aromatic N) is 4. The Balaban J connectivity index is 1.54. The summed E-state index contributed by atoms with van der Waals surface area (Å²) in [6, 6.07) is 15.3. The number of pyridine rings is 1. The Bertz CT molecular complexity index is 1170. The number of benzene rings is 2. The second-order valence-corrected chi connectivity index (χ2v) is 6.91. The molecular weight excluding hydrogens is 388 g/mol. The van der Waals surface area contributed by atoms with Gasteiger partial charge in [-0.05, 0) is 54.4 Å². The van der Waals surface area contributed by atoms with Crippen molar-refractivity contribution < 1.29 is 9.84 Å². The van der Waals surface area contributed by atoms with Crippen LogP contribution in [0.25, 0.3) is 10.9 Å². The van der Waals surface area contributed by atoms with Crippen molar-refractivity contribution in [3.05, 3.63) is 71.5 Å². The summed E-state index contributed by atoms with van der Waals surface area (Å²) in [7, 11) is 1.98. The molecule has 0 aliphatic rings. The third kappa shape index (κ3) is 3.93. The van der Waals surface area contributed by atoms with Crippen LogP contribution in [-0.2, 0) is 6.42 Å². The van der Waals surface area contributed by atoms with Crippen LogP contribution in [0, 0.1) is 0 Å². The van der Waals surface area contributed by atoms with E-state index in [1.807, 2.05) is 48.3 Å². The average Bonchev–Trinajstić information content (AvgIpc) is 2.74. The molecule has 4 rings (SSSR count). The van der Waals surface area contributed by atoms with E-state index in [1.54, 1.807) is 18.5 Å². The van der Waals surface area contributed by atoms with Gasteiger partial charge in [0.25, 0.3) is 0 Å². The van der Waals surface area contributed by atoms with E-state index in [9.17, 15) is 5.11 Å². The van der Waals surface area contributed by atoms with Crippen LogP contribution in [0.3, 0.4) is 0 Å². The van der Waals surface area contributed by atoms with Crippen LogP contribution in [0.15, 0.2) is 60.9 Å². The molecule has 0 bridgehead atoms. The average molecular weight is 407 g/mol. The van der Waals surface area contributed by atoms with Crippen LogP contribution < -0.4 is 9.64 Å². The SMILES string of the molecule is CCc1ccc(N(C)c2ccc(Oc3nc(O)c4ccncc4n3)cc2)cc1Cl. The molecule has 1 N–H and O–H groups in total. The summed E-state index contributed by atoms with van der Waals surface area (Å²) >= 11 is 6.35. The minimum absolute atomic E-state index is 0.0611. The van der Waals surface area contributed by atoms with E-state index in [1.165, 1.54) is 0 Å². The molecule has 0 aliphatic carbocycles. The molecule has 0 saturated carbocycles. The first-order chi connectivity index (χ1) is 14.0. The van der Waals surface area contributed by atoms with Gasteiger partial charge in [-0.1, -0.05) is 24.6 Å². The number of ether oxygens (including phenoxy) is 1. The van der Waals surface area contributed by atoms with Gasteiger partial charge < -0.3 is 14.7 Å². The van der Waals surface area contributed by atoms with Crippen molar-refractivity contribution in [2.75, 3.05) is 11.9 Å². The van der Waals surface area contributed by atoms with Crippen LogP contribution in [0.1, 0.15) is 12.5 Å². The number of hydrogen-bond donors (Lipinski definition) is 1. The zero-order valence-corrected chi connectivity index (χ0v) is 16.8. The van der Waals surface area contributed by atoms with E-state index in [2.05, 4.69) is 27.9 Å². The van der Waals surface area contributed by atoms with Crippen molar-refractivity contribution in [1.82, 2.24) is 15.0 Å². The molecule has 7 heteroatoms. The molecule has 2 heterocycles. The fourth-order valence-electron chi connectivity index (χ4n) is 3.01. The van der Waals surface area contributed by atoms with E-state index in [4.69, 9.17) is 16.3 Å². The molecule has 0 spiro atoms. The number of aryl methyl sites for hydroxylation is 1. The predicted octanol–water partition coefficient (Wildman–Crippen LogP) is 5.51. The van der Waals surface area contributed by atoms with Crippen molar-refractivity contribution in [3.63, 3.8) is 0 Å². The van der Waals surface area contributed by atoms with Gasteiger partial charge in [0.15, 0.2) is 0 Å². The first-order valence-electron chi connectivity index (χ1n) is 9.16. The van der Waals surface area contributed by atoms with Crippen molar-refractivity contribution >= 4 is 33.9 Å². The molecule has 0 amide bonds. The number of halogens is 1. The molecule has 4 aromatic rings. The summed E-state index contributed by atoms with van der Waals surface area (Å²) < 4.78 is 5.71. The quantitative estimate of drug-likeness (QED) is 0.471. The molecule has 0 atom stereocenters. The Labute approximate surface area is 173 Å². The second-order valence-electron chi connectivity index (χ2n) is 6.51. The highest BCUT2D eigenvalue weighted by atomic mass is 35.5. The zero-order chi connectivity index (χ0) is 20.4. The molecule has 2 aromatic carbocycles. The third-order valence-corrected chi connectivity index (χ3v) is 5.05. The van der Waals surface area contributed by atoms with Gasteiger partial charge in [0.2, 0.25) is 5.88 Å². The predicted molar refractivity (Wildman–Crippen MR) is 114 cm³/mol. The Morgan fingerprint density at radius 1 is 1.03 bits per heavy atom. The van der Waals surface area contributed by atoms with E-state index in [0.29, 0.717) is 16.7 Å². The first kappa shape index (κ1) is 19.0.